The summed E-state index contributed by atoms with van der Waals surface area (Å²) < 4.78 is 0. The summed E-state index contributed by atoms with van der Waals surface area (Å²) in [4.78, 5) is 2.75. The van der Waals surface area contributed by atoms with Gasteiger partial charge >= 0.3 is 0 Å². The van der Waals surface area contributed by atoms with Crippen LogP contribution in [0.2, 0.25) is 0 Å². The second kappa shape index (κ2) is 7.26. The molecule has 1 aliphatic heterocycles. The minimum Gasteiger partial charge on any atom is -0.316 e. The molecule has 0 amide bonds. The maximum Gasteiger partial charge on any atom is 0.00503 e. The average molecular weight is 280 g/mol. The molecule has 1 saturated heterocycles. The fourth-order valence-electron chi connectivity index (χ4n) is 4.04. The van der Waals surface area contributed by atoms with Crippen LogP contribution in [0, 0.1) is 23.2 Å². The summed E-state index contributed by atoms with van der Waals surface area (Å²) in [5.74, 6) is 2.63. The molecule has 0 spiro atoms. The first-order valence-corrected chi connectivity index (χ1v) is 8.92. The van der Waals surface area contributed by atoms with Gasteiger partial charge in [-0.25, -0.2) is 0 Å². The van der Waals surface area contributed by atoms with Crippen molar-refractivity contribution in [2.24, 2.45) is 23.2 Å². The third kappa shape index (κ3) is 4.73. The smallest absolute Gasteiger partial charge is 0.00503 e. The molecule has 0 aromatic carbocycles. The molecule has 118 valence electrons. The average Bonchev–Trinajstić information content (AvgIpc) is 2.78. The fourth-order valence-corrected chi connectivity index (χ4v) is 4.04. The monoisotopic (exact) mass is 280 g/mol. The van der Waals surface area contributed by atoms with Crippen molar-refractivity contribution in [2.45, 2.75) is 59.8 Å². The summed E-state index contributed by atoms with van der Waals surface area (Å²) in [7, 11) is 0. The molecule has 2 nitrogen and oxygen atoms in total. The van der Waals surface area contributed by atoms with Crippen LogP contribution in [0.3, 0.4) is 0 Å². The molecule has 0 radical (unpaired) electrons. The van der Waals surface area contributed by atoms with E-state index in [1.54, 1.807) is 0 Å². The lowest BCUT2D eigenvalue weighted by molar-refractivity contribution is 0.0959. The van der Waals surface area contributed by atoms with Crippen LogP contribution in [0.15, 0.2) is 0 Å². The van der Waals surface area contributed by atoms with Gasteiger partial charge in [0, 0.05) is 19.6 Å². The molecule has 1 unspecified atom stereocenters. The van der Waals surface area contributed by atoms with Crippen molar-refractivity contribution in [2.75, 3.05) is 32.7 Å². The van der Waals surface area contributed by atoms with Crippen LogP contribution in [0.5, 0.6) is 0 Å². The highest BCUT2D eigenvalue weighted by Gasteiger charge is 2.36. The Morgan fingerprint density at radius 2 is 1.80 bits per heavy atom. The van der Waals surface area contributed by atoms with Crippen LogP contribution in [-0.2, 0) is 0 Å². The van der Waals surface area contributed by atoms with E-state index in [0.717, 1.165) is 17.8 Å². The summed E-state index contributed by atoms with van der Waals surface area (Å²) >= 11 is 0. The predicted molar refractivity (Wildman–Crippen MR) is 88.0 cm³/mol. The number of nitrogens with zero attached hydrogens (tertiary/aromatic N) is 1. The Morgan fingerprint density at radius 3 is 2.35 bits per heavy atom. The number of hydrogen-bond acceptors (Lipinski definition) is 2. The highest BCUT2D eigenvalue weighted by atomic mass is 15.2. The standard InChI is InChI=1S/C18H36N2/c1-15(2)11-19-13-18(8-5-16(3)6-9-18)14-20-10-7-17(4)12-20/h15-17,19H,5-14H2,1-4H3. The van der Waals surface area contributed by atoms with Crippen LogP contribution < -0.4 is 5.32 Å². The first-order valence-electron chi connectivity index (χ1n) is 8.92. The fraction of sp³-hybridized carbons (Fsp3) is 1.00. The zero-order chi connectivity index (χ0) is 14.6. The molecule has 1 atom stereocenters. The molecule has 0 bridgehead atoms. The van der Waals surface area contributed by atoms with Gasteiger partial charge in [0.1, 0.15) is 0 Å². The Hall–Kier alpha value is -0.0800. The number of hydrogen-bond donors (Lipinski definition) is 1. The summed E-state index contributed by atoms with van der Waals surface area (Å²) in [5.41, 5.74) is 0.561. The van der Waals surface area contributed by atoms with Gasteiger partial charge in [-0.05, 0) is 55.5 Å². The maximum absolute atomic E-state index is 3.77. The number of likely N-dealkylation sites (tertiary alicyclic amines) is 1. The molecular formula is C18H36N2. The van der Waals surface area contributed by atoms with Crippen molar-refractivity contribution in [1.29, 1.82) is 0 Å². The number of nitrogens with one attached hydrogen (secondary N) is 1. The third-order valence-corrected chi connectivity index (χ3v) is 5.45. The third-order valence-electron chi connectivity index (χ3n) is 5.45. The zero-order valence-corrected chi connectivity index (χ0v) is 14.3. The Labute approximate surface area is 126 Å². The van der Waals surface area contributed by atoms with Gasteiger partial charge in [-0.15, -0.1) is 0 Å². The van der Waals surface area contributed by atoms with E-state index in [9.17, 15) is 0 Å². The topological polar surface area (TPSA) is 15.3 Å². The van der Waals surface area contributed by atoms with E-state index in [0.29, 0.717) is 5.41 Å². The zero-order valence-electron chi connectivity index (χ0n) is 14.3. The molecule has 2 rings (SSSR count). The van der Waals surface area contributed by atoms with Gasteiger partial charge in [-0.3, -0.25) is 0 Å². The molecule has 20 heavy (non-hydrogen) atoms. The molecule has 1 aliphatic carbocycles. The van der Waals surface area contributed by atoms with Crippen LogP contribution in [-0.4, -0.2) is 37.6 Å². The van der Waals surface area contributed by atoms with E-state index in [2.05, 4.69) is 37.9 Å². The van der Waals surface area contributed by atoms with Crippen molar-refractivity contribution >= 4 is 0 Å². The largest absolute Gasteiger partial charge is 0.316 e. The molecule has 0 aromatic heterocycles. The minimum absolute atomic E-state index is 0.561. The van der Waals surface area contributed by atoms with E-state index in [1.165, 1.54) is 64.8 Å². The van der Waals surface area contributed by atoms with Crippen molar-refractivity contribution in [1.82, 2.24) is 10.2 Å². The predicted octanol–water partition coefficient (Wildman–Crippen LogP) is 3.77. The summed E-state index contributed by atoms with van der Waals surface area (Å²) in [6.45, 7) is 15.9. The second-order valence-electron chi connectivity index (χ2n) is 8.34. The van der Waals surface area contributed by atoms with Crippen LogP contribution in [0.25, 0.3) is 0 Å². The van der Waals surface area contributed by atoms with Crippen LogP contribution in [0.1, 0.15) is 59.8 Å². The van der Waals surface area contributed by atoms with Gasteiger partial charge in [0.2, 0.25) is 0 Å². The quantitative estimate of drug-likeness (QED) is 0.797. The lowest BCUT2D eigenvalue weighted by Crippen LogP contribution is -2.46. The Morgan fingerprint density at radius 1 is 1.10 bits per heavy atom. The lowest BCUT2D eigenvalue weighted by Gasteiger charge is -2.42. The molecular weight excluding hydrogens is 244 g/mol. The second-order valence-corrected chi connectivity index (χ2v) is 8.34. The lowest BCUT2D eigenvalue weighted by atomic mass is 9.70. The minimum atomic E-state index is 0.561. The first kappa shape index (κ1) is 16.3. The van der Waals surface area contributed by atoms with Crippen molar-refractivity contribution in [3.8, 4) is 0 Å². The Balaban J connectivity index is 1.89. The van der Waals surface area contributed by atoms with Gasteiger partial charge in [0.05, 0.1) is 0 Å². The van der Waals surface area contributed by atoms with Gasteiger partial charge < -0.3 is 10.2 Å². The normalized spacial score (nSPS) is 35.9. The van der Waals surface area contributed by atoms with Gasteiger partial charge in [0.15, 0.2) is 0 Å². The van der Waals surface area contributed by atoms with Crippen molar-refractivity contribution in [3.05, 3.63) is 0 Å². The Kier molecular flexibility index (Phi) is 5.92. The number of rotatable bonds is 6. The van der Waals surface area contributed by atoms with Gasteiger partial charge in [-0.2, -0.15) is 0 Å². The molecule has 1 N–H and O–H groups in total. The van der Waals surface area contributed by atoms with Crippen molar-refractivity contribution in [3.63, 3.8) is 0 Å². The maximum atomic E-state index is 3.77. The SMILES string of the molecule is CC(C)CNCC1(CN2CCC(C)C2)CCC(C)CC1. The van der Waals surface area contributed by atoms with E-state index in [1.807, 2.05) is 0 Å². The molecule has 1 saturated carbocycles. The molecule has 2 heteroatoms. The highest BCUT2D eigenvalue weighted by Crippen LogP contribution is 2.40. The summed E-state index contributed by atoms with van der Waals surface area (Å²) in [6.07, 6.45) is 7.15. The van der Waals surface area contributed by atoms with Crippen molar-refractivity contribution < 1.29 is 0 Å². The van der Waals surface area contributed by atoms with Gasteiger partial charge in [0.25, 0.3) is 0 Å². The molecule has 0 aromatic rings. The first-order chi connectivity index (χ1) is 9.49. The van der Waals surface area contributed by atoms with Crippen LogP contribution >= 0.6 is 0 Å². The Bertz CT molecular complexity index is 279. The van der Waals surface area contributed by atoms with Gasteiger partial charge in [-0.1, -0.05) is 40.5 Å². The molecule has 2 aliphatic rings. The van der Waals surface area contributed by atoms with Crippen LogP contribution in [0.4, 0.5) is 0 Å². The molecule has 2 fully saturated rings. The van der Waals surface area contributed by atoms with E-state index in [-0.39, 0.29) is 0 Å². The van der Waals surface area contributed by atoms with E-state index in [4.69, 9.17) is 0 Å². The molecule has 1 heterocycles. The summed E-state index contributed by atoms with van der Waals surface area (Å²) in [5, 5.41) is 3.77. The highest BCUT2D eigenvalue weighted by molar-refractivity contribution is 4.91. The van der Waals surface area contributed by atoms with E-state index < -0.39 is 0 Å². The summed E-state index contributed by atoms with van der Waals surface area (Å²) in [6, 6.07) is 0. The van der Waals surface area contributed by atoms with E-state index >= 15 is 0 Å².